The van der Waals surface area contributed by atoms with Crippen molar-refractivity contribution in [1.82, 2.24) is 15.1 Å². The number of nitrogens with one attached hydrogen (secondary N) is 2. The van der Waals surface area contributed by atoms with Gasteiger partial charge in [0.15, 0.2) is 0 Å². The molecule has 0 bridgehead atoms. The van der Waals surface area contributed by atoms with Crippen LogP contribution < -0.4 is 10.6 Å². The molecule has 0 spiro atoms. The normalized spacial score (nSPS) is 18.6. The third-order valence-corrected chi connectivity index (χ3v) is 5.02. The second-order valence-corrected chi connectivity index (χ2v) is 7.72. The van der Waals surface area contributed by atoms with Crippen LogP contribution >= 0.6 is 0 Å². The van der Waals surface area contributed by atoms with Gasteiger partial charge in [0.05, 0.1) is 5.41 Å². The zero-order chi connectivity index (χ0) is 19.1. The third kappa shape index (κ3) is 3.25. The fourth-order valence-electron chi connectivity index (χ4n) is 3.34. The average Bonchev–Trinajstić information content (AvgIpc) is 2.83. The van der Waals surface area contributed by atoms with Gasteiger partial charge in [-0.15, -0.1) is 0 Å². The highest BCUT2D eigenvalue weighted by molar-refractivity contribution is 6.07. The topological polar surface area (TPSA) is 81.8 Å². The summed E-state index contributed by atoms with van der Waals surface area (Å²) < 4.78 is 0. The number of benzene rings is 1. The van der Waals surface area contributed by atoms with Crippen LogP contribution in [0.3, 0.4) is 0 Å². The molecule has 2 aliphatic heterocycles. The first-order valence-electron chi connectivity index (χ1n) is 9.01. The van der Waals surface area contributed by atoms with Crippen molar-refractivity contribution in [3.63, 3.8) is 0 Å². The van der Waals surface area contributed by atoms with E-state index in [1.54, 1.807) is 21.9 Å². The molecule has 7 nitrogen and oxygen atoms in total. The maximum atomic E-state index is 12.8. The van der Waals surface area contributed by atoms with Crippen LogP contribution in [0.5, 0.6) is 0 Å². The first-order chi connectivity index (χ1) is 12.2. The number of hydrogen-bond donors (Lipinski definition) is 2. The van der Waals surface area contributed by atoms with Crippen molar-refractivity contribution in [2.24, 2.45) is 0 Å². The minimum absolute atomic E-state index is 0.0538. The number of urea groups is 1. The molecule has 2 aliphatic rings. The van der Waals surface area contributed by atoms with Crippen LogP contribution in [0.4, 0.5) is 10.5 Å². The van der Waals surface area contributed by atoms with E-state index < -0.39 is 5.41 Å². The fourth-order valence-corrected chi connectivity index (χ4v) is 3.34. The van der Waals surface area contributed by atoms with E-state index in [0.717, 1.165) is 11.3 Å². The SMILES string of the molecule is CC(C)NC(=O)N1CCN(C(=O)c2ccc3c(c2)C(C)(C)C(=O)N3)CC1. The van der Waals surface area contributed by atoms with Gasteiger partial charge in [-0.2, -0.15) is 0 Å². The Balaban J connectivity index is 1.68. The van der Waals surface area contributed by atoms with E-state index in [1.165, 1.54) is 0 Å². The zero-order valence-electron chi connectivity index (χ0n) is 15.8. The number of carbonyl (C=O) groups excluding carboxylic acids is 3. The van der Waals surface area contributed by atoms with Crippen molar-refractivity contribution in [3.05, 3.63) is 29.3 Å². The fraction of sp³-hybridized carbons (Fsp3) is 0.526. The minimum Gasteiger partial charge on any atom is -0.336 e. The minimum atomic E-state index is -0.640. The molecule has 0 atom stereocenters. The quantitative estimate of drug-likeness (QED) is 0.846. The van der Waals surface area contributed by atoms with Gasteiger partial charge in [0.25, 0.3) is 5.91 Å². The zero-order valence-corrected chi connectivity index (χ0v) is 15.8. The first-order valence-corrected chi connectivity index (χ1v) is 9.01. The maximum Gasteiger partial charge on any atom is 0.317 e. The predicted molar refractivity (Wildman–Crippen MR) is 99.2 cm³/mol. The van der Waals surface area contributed by atoms with E-state index in [-0.39, 0.29) is 23.9 Å². The van der Waals surface area contributed by atoms with Crippen molar-refractivity contribution in [2.45, 2.75) is 39.2 Å². The van der Waals surface area contributed by atoms with E-state index >= 15 is 0 Å². The molecular formula is C19H26N4O3. The Kier molecular flexibility index (Phi) is 4.64. The first kappa shape index (κ1) is 18.2. The lowest BCUT2D eigenvalue weighted by Crippen LogP contribution is -2.54. The summed E-state index contributed by atoms with van der Waals surface area (Å²) in [6, 6.07) is 5.36. The van der Waals surface area contributed by atoms with Crippen LogP contribution in [-0.2, 0) is 10.2 Å². The number of anilines is 1. The van der Waals surface area contributed by atoms with Crippen LogP contribution in [0.2, 0.25) is 0 Å². The second kappa shape index (κ2) is 6.63. The molecule has 1 aromatic rings. The number of piperazine rings is 1. The van der Waals surface area contributed by atoms with Gasteiger partial charge in [0.2, 0.25) is 5.91 Å². The van der Waals surface area contributed by atoms with E-state index in [4.69, 9.17) is 0 Å². The van der Waals surface area contributed by atoms with Gasteiger partial charge in [0, 0.05) is 43.5 Å². The number of amides is 4. The van der Waals surface area contributed by atoms with Gasteiger partial charge in [0.1, 0.15) is 0 Å². The van der Waals surface area contributed by atoms with Gasteiger partial charge in [-0.25, -0.2) is 4.79 Å². The Morgan fingerprint density at radius 2 is 1.73 bits per heavy atom. The molecule has 140 valence electrons. The molecule has 4 amide bonds. The molecule has 3 rings (SSSR count). The van der Waals surface area contributed by atoms with Crippen molar-refractivity contribution in [3.8, 4) is 0 Å². The largest absolute Gasteiger partial charge is 0.336 e. The molecule has 1 saturated heterocycles. The monoisotopic (exact) mass is 358 g/mol. The Morgan fingerprint density at radius 1 is 1.12 bits per heavy atom. The lowest BCUT2D eigenvalue weighted by atomic mass is 9.85. The Bertz CT molecular complexity index is 749. The van der Waals surface area contributed by atoms with E-state index in [1.807, 2.05) is 33.8 Å². The molecule has 0 aliphatic carbocycles. The average molecular weight is 358 g/mol. The van der Waals surface area contributed by atoms with E-state index in [0.29, 0.717) is 31.7 Å². The third-order valence-electron chi connectivity index (χ3n) is 5.02. The number of nitrogens with zero attached hydrogens (tertiary/aromatic N) is 2. The van der Waals surface area contributed by atoms with Crippen LogP contribution in [0.1, 0.15) is 43.6 Å². The summed E-state index contributed by atoms with van der Waals surface area (Å²) in [7, 11) is 0. The maximum absolute atomic E-state index is 12.8. The van der Waals surface area contributed by atoms with Gasteiger partial charge >= 0.3 is 6.03 Å². The number of rotatable bonds is 2. The Morgan fingerprint density at radius 3 is 2.35 bits per heavy atom. The van der Waals surface area contributed by atoms with Crippen molar-refractivity contribution < 1.29 is 14.4 Å². The summed E-state index contributed by atoms with van der Waals surface area (Å²) >= 11 is 0. The van der Waals surface area contributed by atoms with Crippen molar-refractivity contribution in [1.29, 1.82) is 0 Å². The standard InChI is InChI=1S/C19H26N4O3/c1-12(2)20-18(26)23-9-7-22(8-10-23)16(24)13-5-6-15-14(11-13)19(3,4)17(25)21-15/h5-6,11-12H,7-10H2,1-4H3,(H,20,26)(H,21,25). The highest BCUT2D eigenvalue weighted by Crippen LogP contribution is 2.37. The molecule has 0 unspecified atom stereocenters. The molecule has 0 saturated carbocycles. The van der Waals surface area contributed by atoms with Crippen LogP contribution in [0.15, 0.2) is 18.2 Å². The molecule has 1 fully saturated rings. The summed E-state index contributed by atoms with van der Waals surface area (Å²) in [5.74, 6) is -0.117. The summed E-state index contributed by atoms with van der Waals surface area (Å²) in [4.78, 5) is 40.5. The number of fused-ring (bicyclic) bond motifs is 1. The second-order valence-electron chi connectivity index (χ2n) is 7.72. The van der Waals surface area contributed by atoms with Crippen LogP contribution in [0.25, 0.3) is 0 Å². The smallest absolute Gasteiger partial charge is 0.317 e. The van der Waals surface area contributed by atoms with Crippen LogP contribution in [0, 0.1) is 0 Å². The molecule has 1 aromatic carbocycles. The van der Waals surface area contributed by atoms with Gasteiger partial charge in [-0.3, -0.25) is 9.59 Å². The van der Waals surface area contributed by atoms with Crippen molar-refractivity contribution >= 4 is 23.5 Å². The van der Waals surface area contributed by atoms with Gasteiger partial charge in [-0.1, -0.05) is 0 Å². The highest BCUT2D eigenvalue weighted by Gasteiger charge is 2.39. The summed E-state index contributed by atoms with van der Waals surface area (Å²) in [5, 5.41) is 5.73. The van der Waals surface area contributed by atoms with Gasteiger partial charge < -0.3 is 20.4 Å². The molecule has 2 heterocycles. The molecule has 2 N–H and O–H groups in total. The summed E-state index contributed by atoms with van der Waals surface area (Å²) in [6.45, 7) is 9.59. The lowest BCUT2D eigenvalue weighted by molar-refractivity contribution is -0.119. The summed E-state index contributed by atoms with van der Waals surface area (Å²) in [6.07, 6.45) is 0. The number of carbonyl (C=O) groups is 3. The summed E-state index contributed by atoms with van der Waals surface area (Å²) in [5.41, 5.74) is 1.56. The number of hydrogen-bond acceptors (Lipinski definition) is 3. The van der Waals surface area contributed by atoms with E-state index in [9.17, 15) is 14.4 Å². The predicted octanol–water partition coefficient (Wildman–Crippen LogP) is 1.79. The Labute approximate surface area is 153 Å². The molecule has 0 aromatic heterocycles. The Hall–Kier alpha value is -2.57. The molecular weight excluding hydrogens is 332 g/mol. The lowest BCUT2D eigenvalue weighted by Gasteiger charge is -2.35. The van der Waals surface area contributed by atoms with Gasteiger partial charge in [-0.05, 0) is 51.5 Å². The highest BCUT2D eigenvalue weighted by atomic mass is 16.2. The van der Waals surface area contributed by atoms with Crippen molar-refractivity contribution in [2.75, 3.05) is 31.5 Å². The molecule has 26 heavy (non-hydrogen) atoms. The van der Waals surface area contributed by atoms with E-state index in [2.05, 4.69) is 10.6 Å². The molecule has 7 heteroatoms. The van der Waals surface area contributed by atoms with Crippen LogP contribution in [-0.4, -0.2) is 59.9 Å². The molecule has 0 radical (unpaired) electrons.